The van der Waals surface area contributed by atoms with E-state index in [4.69, 9.17) is 4.74 Å². The number of fused-ring (bicyclic) bond motifs is 1. The van der Waals surface area contributed by atoms with Crippen molar-refractivity contribution in [1.29, 1.82) is 0 Å². The number of hydrogen-bond donors (Lipinski definition) is 0. The van der Waals surface area contributed by atoms with Gasteiger partial charge in [-0.3, -0.25) is 9.78 Å². The number of carbonyl (C=O) groups is 1. The number of hydrogen-bond acceptors (Lipinski definition) is 4. The quantitative estimate of drug-likeness (QED) is 0.637. The molecule has 0 fully saturated rings. The maximum atomic E-state index is 12.8. The van der Waals surface area contributed by atoms with Gasteiger partial charge in [-0.2, -0.15) is 0 Å². The summed E-state index contributed by atoms with van der Waals surface area (Å²) in [5.41, 5.74) is 2.02. The third kappa shape index (κ3) is 4.53. The second-order valence-electron chi connectivity index (χ2n) is 6.47. The van der Waals surface area contributed by atoms with E-state index in [0.29, 0.717) is 19.7 Å². The van der Waals surface area contributed by atoms with E-state index in [0.717, 1.165) is 22.8 Å². The second-order valence-corrected chi connectivity index (χ2v) is 7.45. The molecule has 27 heavy (non-hydrogen) atoms. The zero-order valence-electron chi connectivity index (χ0n) is 14.9. The van der Waals surface area contributed by atoms with Crippen molar-refractivity contribution in [1.82, 2.24) is 14.5 Å². The van der Waals surface area contributed by atoms with Crippen molar-refractivity contribution >= 4 is 23.3 Å². The molecule has 4 heterocycles. The minimum atomic E-state index is -0.0836. The van der Waals surface area contributed by atoms with Crippen LogP contribution < -0.4 is 0 Å². The summed E-state index contributed by atoms with van der Waals surface area (Å²) in [5.74, 6) is 0.00415. The highest BCUT2D eigenvalue weighted by Gasteiger charge is 2.24. The standard InChI is InChI=1S/C21H21N3O2S/c25-21(9-8-20-7-4-12-27-20)24-13-18-6-3-11-23(18)14-19(15-24)26-16-17-5-1-2-10-22-17/h1-12,19H,13-16H2/b9-8+. The highest BCUT2D eigenvalue weighted by molar-refractivity contribution is 7.10. The van der Waals surface area contributed by atoms with Crippen LogP contribution in [0.1, 0.15) is 16.3 Å². The predicted octanol–water partition coefficient (Wildman–Crippen LogP) is 3.59. The van der Waals surface area contributed by atoms with Crippen LogP contribution in [0.25, 0.3) is 6.08 Å². The summed E-state index contributed by atoms with van der Waals surface area (Å²) >= 11 is 1.62. The third-order valence-corrected chi connectivity index (χ3v) is 5.38. The lowest BCUT2D eigenvalue weighted by atomic mass is 10.3. The van der Waals surface area contributed by atoms with Crippen molar-refractivity contribution in [3.05, 3.63) is 82.6 Å². The normalized spacial score (nSPS) is 17.0. The summed E-state index contributed by atoms with van der Waals surface area (Å²) < 4.78 is 8.27. The first kappa shape index (κ1) is 17.7. The lowest BCUT2D eigenvalue weighted by Crippen LogP contribution is -2.36. The van der Waals surface area contributed by atoms with Crippen molar-refractivity contribution < 1.29 is 9.53 Å². The number of amides is 1. The predicted molar refractivity (Wildman–Crippen MR) is 106 cm³/mol. The molecule has 5 nitrogen and oxygen atoms in total. The van der Waals surface area contributed by atoms with Crippen LogP contribution in [0.4, 0.5) is 0 Å². The van der Waals surface area contributed by atoms with Gasteiger partial charge in [0.1, 0.15) is 0 Å². The van der Waals surface area contributed by atoms with Crippen molar-refractivity contribution in [2.24, 2.45) is 0 Å². The molecule has 138 valence electrons. The van der Waals surface area contributed by atoms with Crippen LogP contribution in [-0.2, 0) is 29.2 Å². The molecule has 6 heteroatoms. The summed E-state index contributed by atoms with van der Waals surface area (Å²) in [6, 6.07) is 13.8. The van der Waals surface area contributed by atoms with E-state index >= 15 is 0 Å². The van der Waals surface area contributed by atoms with Crippen molar-refractivity contribution in [2.45, 2.75) is 25.8 Å². The van der Waals surface area contributed by atoms with E-state index in [9.17, 15) is 4.79 Å². The summed E-state index contributed by atoms with van der Waals surface area (Å²) in [6.07, 6.45) is 7.25. The molecular formula is C21H21N3O2S. The van der Waals surface area contributed by atoms with Gasteiger partial charge in [0.05, 0.1) is 31.5 Å². The van der Waals surface area contributed by atoms with Crippen LogP contribution in [0, 0.1) is 0 Å². The largest absolute Gasteiger partial charge is 0.368 e. The van der Waals surface area contributed by atoms with Crippen molar-refractivity contribution in [3.8, 4) is 0 Å². The second kappa shape index (κ2) is 8.33. The number of carbonyl (C=O) groups excluding carboxylic acids is 1. The van der Waals surface area contributed by atoms with Crippen LogP contribution >= 0.6 is 11.3 Å². The lowest BCUT2D eigenvalue weighted by Gasteiger charge is -2.23. The zero-order valence-corrected chi connectivity index (χ0v) is 15.7. The van der Waals surface area contributed by atoms with Gasteiger partial charge in [-0.05, 0) is 41.8 Å². The van der Waals surface area contributed by atoms with Gasteiger partial charge < -0.3 is 14.2 Å². The van der Waals surface area contributed by atoms with E-state index in [-0.39, 0.29) is 12.0 Å². The number of nitrogens with zero attached hydrogens (tertiary/aromatic N) is 3. The van der Waals surface area contributed by atoms with E-state index in [1.165, 1.54) is 0 Å². The Morgan fingerprint density at radius 2 is 2.19 bits per heavy atom. The fraction of sp³-hybridized carbons (Fsp3) is 0.238. The average Bonchev–Trinajstić information content (AvgIpc) is 3.34. The van der Waals surface area contributed by atoms with Crippen LogP contribution in [0.5, 0.6) is 0 Å². The van der Waals surface area contributed by atoms with Gasteiger partial charge in [0, 0.05) is 35.6 Å². The Labute approximate surface area is 162 Å². The number of aromatic nitrogens is 2. The Kier molecular flexibility index (Phi) is 5.46. The summed E-state index contributed by atoms with van der Waals surface area (Å²) in [7, 11) is 0. The van der Waals surface area contributed by atoms with E-state index in [1.54, 1.807) is 23.6 Å². The molecule has 4 rings (SSSR count). The minimum absolute atomic E-state index is 0.00415. The molecule has 0 saturated heterocycles. The highest BCUT2D eigenvalue weighted by Crippen LogP contribution is 2.17. The average molecular weight is 379 g/mol. The minimum Gasteiger partial charge on any atom is -0.368 e. The number of rotatable bonds is 5. The molecule has 0 N–H and O–H groups in total. The molecule has 0 bridgehead atoms. The molecular weight excluding hydrogens is 358 g/mol. The van der Waals surface area contributed by atoms with Gasteiger partial charge in [-0.15, -0.1) is 11.3 Å². The Morgan fingerprint density at radius 1 is 1.22 bits per heavy atom. The topological polar surface area (TPSA) is 47.4 Å². The molecule has 0 spiro atoms. The van der Waals surface area contributed by atoms with Crippen LogP contribution in [-0.4, -0.2) is 33.0 Å². The van der Waals surface area contributed by atoms with Crippen molar-refractivity contribution in [2.75, 3.05) is 6.54 Å². The molecule has 0 radical (unpaired) electrons. The Morgan fingerprint density at radius 3 is 3.00 bits per heavy atom. The molecule has 1 aliphatic rings. The Balaban J connectivity index is 1.47. The van der Waals surface area contributed by atoms with Crippen LogP contribution in [0.15, 0.2) is 66.3 Å². The Hall–Kier alpha value is -2.70. The maximum Gasteiger partial charge on any atom is 0.247 e. The van der Waals surface area contributed by atoms with Crippen molar-refractivity contribution in [3.63, 3.8) is 0 Å². The van der Waals surface area contributed by atoms with Crippen LogP contribution in [0.3, 0.4) is 0 Å². The number of ether oxygens (including phenoxy) is 1. The smallest absolute Gasteiger partial charge is 0.247 e. The molecule has 1 aliphatic heterocycles. The van der Waals surface area contributed by atoms with Gasteiger partial charge in [0.15, 0.2) is 0 Å². The van der Waals surface area contributed by atoms with Gasteiger partial charge in [-0.1, -0.05) is 12.1 Å². The Bertz CT molecular complexity index is 903. The van der Waals surface area contributed by atoms with Gasteiger partial charge >= 0.3 is 0 Å². The van der Waals surface area contributed by atoms with E-state index < -0.39 is 0 Å². The fourth-order valence-corrected chi connectivity index (χ4v) is 3.78. The SMILES string of the molecule is O=C(/C=C/c1cccs1)N1Cc2cccn2CC(OCc2ccccn2)C1. The first-order valence-electron chi connectivity index (χ1n) is 8.94. The summed E-state index contributed by atoms with van der Waals surface area (Å²) in [4.78, 5) is 20.0. The summed E-state index contributed by atoms with van der Waals surface area (Å²) in [5, 5.41) is 2.00. The number of pyridine rings is 1. The zero-order chi connectivity index (χ0) is 18.5. The first-order valence-corrected chi connectivity index (χ1v) is 9.82. The molecule has 0 aromatic carbocycles. The molecule has 1 amide bonds. The van der Waals surface area contributed by atoms with Gasteiger partial charge in [0.2, 0.25) is 5.91 Å². The first-order chi connectivity index (χ1) is 13.3. The van der Waals surface area contributed by atoms with Gasteiger partial charge in [-0.25, -0.2) is 0 Å². The molecule has 1 unspecified atom stereocenters. The molecule has 0 saturated carbocycles. The van der Waals surface area contributed by atoms with E-state index in [2.05, 4.69) is 15.6 Å². The lowest BCUT2D eigenvalue weighted by molar-refractivity contribution is -0.128. The monoisotopic (exact) mass is 379 g/mol. The highest BCUT2D eigenvalue weighted by atomic mass is 32.1. The molecule has 3 aromatic heterocycles. The van der Waals surface area contributed by atoms with Gasteiger partial charge in [0.25, 0.3) is 0 Å². The summed E-state index contributed by atoms with van der Waals surface area (Å²) in [6.45, 7) is 2.31. The molecule has 0 aliphatic carbocycles. The molecule has 1 atom stereocenters. The molecule has 3 aromatic rings. The maximum absolute atomic E-state index is 12.8. The fourth-order valence-electron chi connectivity index (χ4n) is 3.16. The van der Waals surface area contributed by atoms with Crippen LogP contribution in [0.2, 0.25) is 0 Å². The number of thiophene rings is 1. The third-order valence-electron chi connectivity index (χ3n) is 4.54. The van der Waals surface area contributed by atoms with E-state index in [1.807, 2.05) is 59.0 Å².